The Balaban J connectivity index is 1.63. The van der Waals surface area contributed by atoms with Crippen molar-refractivity contribution in [2.24, 2.45) is 0 Å². The van der Waals surface area contributed by atoms with Crippen molar-refractivity contribution in [2.75, 3.05) is 18.6 Å². The van der Waals surface area contributed by atoms with Crippen LogP contribution in [0.3, 0.4) is 0 Å². The summed E-state index contributed by atoms with van der Waals surface area (Å²) in [7, 11) is 2.04. The molecule has 0 amide bonds. The fraction of sp³-hybridized carbons (Fsp3) is 0.292. The van der Waals surface area contributed by atoms with Crippen molar-refractivity contribution in [3.8, 4) is 11.5 Å². The minimum absolute atomic E-state index is 0.334. The molecule has 2 heterocycles. The molecule has 0 unspecified atom stereocenters. The molecule has 30 heavy (non-hydrogen) atoms. The summed E-state index contributed by atoms with van der Waals surface area (Å²) >= 11 is 0. The van der Waals surface area contributed by atoms with Crippen LogP contribution in [0.2, 0.25) is 0 Å². The predicted octanol–water partition coefficient (Wildman–Crippen LogP) is 5.21. The summed E-state index contributed by atoms with van der Waals surface area (Å²) in [4.78, 5) is 24.2. The zero-order valence-corrected chi connectivity index (χ0v) is 17.1. The number of carbonyl (C=O) groups excluding carboxylic acids is 1. The third-order valence-electron chi connectivity index (χ3n) is 5.41. The molecule has 0 atom stereocenters. The van der Waals surface area contributed by atoms with Crippen molar-refractivity contribution in [3.05, 3.63) is 54.1 Å². The number of nitrogens with zero attached hydrogens (tertiary/aromatic N) is 3. The molecule has 1 saturated carbocycles. The van der Waals surface area contributed by atoms with E-state index in [1.165, 1.54) is 0 Å². The van der Waals surface area contributed by atoms with Gasteiger partial charge in [0.2, 0.25) is 0 Å². The molecule has 0 aliphatic heterocycles. The van der Waals surface area contributed by atoms with Gasteiger partial charge in [-0.25, -0.2) is 14.8 Å². The van der Waals surface area contributed by atoms with Crippen molar-refractivity contribution in [1.82, 2.24) is 9.97 Å². The van der Waals surface area contributed by atoms with E-state index in [1.807, 2.05) is 50.4 Å². The van der Waals surface area contributed by atoms with Gasteiger partial charge in [0.25, 0.3) is 0 Å². The van der Waals surface area contributed by atoms with Gasteiger partial charge in [-0.15, -0.1) is 0 Å². The van der Waals surface area contributed by atoms with Crippen LogP contribution in [-0.4, -0.2) is 35.6 Å². The molecule has 5 rings (SSSR count). The molecule has 1 fully saturated rings. The van der Waals surface area contributed by atoms with Gasteiger partial charge in [-0.1, -0.05) is 25.1 Å². The number of carbonyl (C=O) groups is 1. The first-order valence-corrected chi connectivity index (χ1v) is 10.3. The van der Waals surface area contributed by atoms with Crippen LogP contribution in [0.25, 0.3) is 33.5 Å². The summed E-state index contributed by atoms with van der Waals surface area (Å²) in [5, 5.41) is 1.03. The number of aromatic nitrogens is 2. The molecular formula is C24H23N3O3. The summed E-state index contributed by atoms with van der Waals surface area (Å²) < 4.78 is 11.4. The molecule has 0 radical (unpaired) electrons. The Morgan fingerprint density at radius 1 is 1.13 bits per heavy atom. The van der Waals surface area contributed by atoms with Crippen LogP contribution in [0.15, 0.2) is 52.9 Å². The van der Waals surface area contributed by atoms with Gasteiger partial charge >= 0.3 is 5.97 Å². The van der Waals surface area contributed by atoms with Crippen molar-refractivity contribution in [3.63, 3.8) is 0 Å². The Kier molecular flexibility index (Phi) is 4.62. The largest absolute Gasteiger partial charge is 0.462 e. The maximum atomic E-state index is 12.3. The van der Waals surface area contributed by atoms with Gasteiger partial charge < -0.3 is 14.1 Å². The number of esters is 1. The standard InChI is InChI=1S/C24H23N3O3/c1-3-12-29-24(28)16-8-11-18-19(13-16)26-23(27(2)17-9-10-17)22(25-18)21-14-15-6-4-5-7-20(15)30-21/h4-8,11,13-14,17H,3,9-10,12H2,1-2H3. The number of anilines is 1. The molecule has 152 valence electrons. The Hall–Kier alpha value is -3.41. The minimum atomic E-state index is -0.334. The van der Waals surface area contributed by atoms with Crippen molar-refractivity contribution >= 4 is 33.8 Å². The van der Waals surface area contributed by atoms with Crippen molar-refractivity contribution < 1.29 is 13.9 Å². The van der Waals surface area contributed by atoms with E-state index in [4.69, 9.17) is 19.1 Å². The summed E-state index contributed by atoms with van der Waals surface area (Å²) in [6.45, 7) is 2.38. The normalized spacial score (nSPS) is 13.7. The van der Waals surface area contributed by atoms with E-state index >= 15 is 0 Å². The number of furan rings is 1. The number of fused-ring (bicyclic) bond motifs is 2. The number of ether oxygens (including phenoxy) is 1. The van der Waals surface area contributed by atoms with Gasteiger partial charge in [-0.3, -0.25) is 0 Å². The van der Waals surface area contributed by atoms with Crippen LogP contribution in [0.5, 0.6) is 0 Å². The van der Waals surface area contributed by atoms with Crippen LogP contribution in [-0.2, 0) is 4.74 Å². The lowest BCUT2D eigenvalue weighted by molar-refractivity contribution is 0.0505. The zero-order chi connectivity index (χ0) is 20.7. The molecule has 0 saturated heterocycles. The minimum Gasteiger partial charge on any atom is -0.462 e. The van der Waals surface area contributed by atoms with Gasteiger partial charge in [0.1, 0.15) is 11.3 Å². The van der Waals surface area contributed by atoms with E-state index in [0.717, 1.165) is 41.7 Å². The van der Waals surface area contributed by atoms with Gasteiger partial charge in [0.05, 0.1) is 23.2 Å². The Morgan fingerprint density at radius 3 is 2.73 bits per heavy atom. The van der Waals surface area contributed by atoms with Crippen LogP contribution in [0.1, 0.15) is 36.5 Å². The summed E-state index contributed by atoms with van der Waals surface area (Å²) in [6, 6.07) is 15.7. The second kappa shape index (κ2) is 7.44. The lowest BCUT2D eigenvalue weighted by Crippen LogP contribution is -2.22. The molecule has 6 nitrogen and oxygen atoms in total. The molecule has 2 aromatic heterocycles. The summed E-state index contributed by atoms with van der Waals surface area (Å²) in [6.07, 6.45) is 3.06. The predicted molar refractivity (Wildman–Crippen MR) is 117 cm³/mol. The first kappa shape index (κ1) is 18.6. The molecule has 2 aromatic carbocycles. The monoisotopic (exact) mass is 401 g/mol. The van der Waals surface area contributed by atoms with Gasteiger partial charge in [0, 0.05) is 18.5 Å². The Bertz CT molecular complexity index is 1210. The third-order valence-corrected chi connectivity index (χ3v) is 5.41. The highest BCUT2D eigenvalue weighted by Crippen LogP contribution is 2.37. The van der Waals surface area contributed by atoms with E-state index in [9.17, 15) is 4.79 Å². The number of benzene rings is 2. The number of rotatable bonds is 6. The summed E-state index contributed by atoms with van der Waals surface area (Å²) in [5.74, 6) is 1.13. The third kappa shape index (κ3) is 3.38. The van der Waals surface area contributed by atoms with Crippen LogP contribution >= 0.6 is 0 Å². The molecule has 4 aromatic rings. The first-order chi connectivity index (χ1) is 14.6. The molecule has 0 N–H and O–H groups in total. The zero-order valence-electron chi connectivity index (χ0n) is 17.1. The van der Waals surface area contributed by atoms with E-state index in [0.29, 0.717) is 35.0 Å². The van der Waals surface area contributed by atoms with Crippen LogP contribution in [0, 0.1) is 0 Å². The average molecular weight is 401 g/mol. The molecule has 6 heteroatoms. The number of para-hydroxylation sites is 1. The maximum Gasteiger partial charge on any atom is 0.338 e. The first-order valence-electron chi connectivity index (χ1n) is 10.3. The van der Waals surface area contributed by atoms with E-state index < -0.39 is 0 Å². The molecule has 0 bridgehead atoms. The smallest absolute Gasteiger partial charge is 0.338 e. The van der Waals surface area contributed by atoms with E-state index in [1.54, 1.807) is 12.1 Å². The molecular weight excluding hydrogens is 378 g/mol. The summed E-state index contributed by atoms with van der Waals surface area (Å²) in [5.41, 5.74) is 3.41. The second-order valence-electron chi connectivity index (χ2n) is 7.73. The van der Waals surface area contributed by atoms with Crippen molar-refractivity contribution in [2.45, 2.75) is 32.2 Å². The van der Waals surface area contributed by atoms with Gasteiger partial charge in [0.15, 0.2) is 11.6 Å². The lowest BCUT2D eigenvalue weighted by Gasteiger charge is -2.20. The van der Waals surface area contributed by atoms with Crippen LogP contribution in [0.4, 0.5) is 5.82 Å². The van der Waals surface area contributed by atoms with Gasteiger partial charge in [-0.2, -0.15) is 0 Å². The van der Waals surface area contributed by atoms with Gasteiger partial charge in [-0.05, 0) is 49.6 Å². The van der Waals surface area contributed by atoms with E-state index in [2.05, 4.69) is 4.90 Å². The van der Waals surface area contributed by atoms with Crippen LogP contribution < -0.4 is 4.90 Å². The Morgan fingerprint density at radius 2 is 1.97 bits per heavy atom. The fourth-order valence-corrected chi connectivity index (χ4v) is 3.59. The number of hydrogen-bond acceptors (Lipinski definition) is 6. The fourth-order valence-electron chi connectivity index (χ4n) is 3.59. The number of hydrogen-bond donors (Lipinski definition) is 0. The quantitative estimate of drug-likeness (QED) is 0.413. The SMILES string of the molecule is CCCOC(=O)c1ccc2nc(-c3cc4ccccc4o3)c(N(C)C3CC3)nc2c1. The molecule has 1 aliphatic carbocycles. The molecule has 1 aliphatic rings. The highest BCUT2D eigenvalue weighted by Gasteiger charge is 2.30. The topological polar surface area (TPSA) is 68.5 Å². The van der Waals surface area contributed by atoms with Crippen molar-refractivity contribution in [1.29, 1.82) is 0 Å². The van der Waals surface area contributed by atoms with E-state index in [-0.39, 0.29) is 5.97 Å². The average Bonchev–Trinajstić information content (AvgIpc) is 3.54. The Labute approximate surface area is 174 Å². The lowest BCUT2D eigenvalue weighted by atomic mass is 10.1. The highest BCUT2D eigenvalue weighted by atomic mass is 16.5. The molecule has 0 spiro atoms. The maximum absolute atomic E-state index is 12.3. The second-order valence-corrected chi connectivity index (χ2v) is 7.73. The highest BCUT2D eigenvalue weighted by molar-refractivity contribution is 5.95.